The number of nitro benzene ring substituents is 1. The molecule has 1 aromatic rings. The third-order valence-corrected chi connectivity index (χ3v) is 2.54. The minimum Gasteiger partial charge on any atom is -0.478 e. The third-order valence-electron chi connectivity index (χ3n) is 2.54. The van der Waals surface area contributed by atoms with Crippen LogP contribution in [0.3, 0.4) is 0 Å². The van der Waals surface area contributed by atoms with Gasteiger partial charge in [0.05, 0.1) is 16.2 Å². The van der Waals surface area contributed by atoms with E-state index in [2.05, 4.69) is 5.32 Å². The Hall–Kier alpha value is -2.15. The van der Waals surface area contributed by atoms with Gasteiger partial charge >= 0.3 is 5.97 Å². The molecule has 1 rings (SSSR count). The molecule has 0 amide bonds. The fourth-order valence-electron chi connectivity index (χ4n) is 1.60. The monoisotopic (exact) mass is 267 g/mol. The number of nitrogens with zero attached hydrogens (tertiary/aromatic N) is 2. The second kappa shape index (κ2) is 6.69. The summed E-state index contributed by atoms with van der Waals surface area (Å²) in [5.74, 6) is -1.11. The van der Waals surface area contributed by atoms with E-state index in [0.717, 1.165) is 13.0 Å². The first-order valence-electron chi connectivity index (χ1n) is 5.82. The summed E-state index contributed by atoms with van der Waals surface area (Å²) in [6.45, 7) is 1.41. The molecule has 0 unspecified atom stereocenters. The summed E-state index contributed by atoms with van der Waals surface area (Å²) in [6.07, 6.45) is 0.814. The Balaban J connectivity index is 2.80. The van der Waals surface area contributed by atoms with Gasteiger partial charge in [0, 0.05) is 18.7 Å². The average Bonchev–Trinajstić information content (AvgIpc) is 2.33. The van der Waals surface area contributed by atoms with E-state index >= 15 is 0 Å². The molecule has 0 aliphatic heterocycles. The quantitative estimate of drug-likeness (QED) is 0.443. The summed E-state index contributed by atoms with van der Waals surface area (Å²) < 4.78 is 0. The zero-order chi connectivity index (χ0) is 14.4. The van der Waals surface area contributed by atoms with E-state index in [4.69, 9.17) is 5.11 Å². The zero-order valence-electron chi connectivity index (χ0n) is 10.9. The number of carbonyl (C=O) groups is 1. The fraction of sp³-hybridized carbons (Fsp3) is 0.417. The highest BCUT2D eigenvalue weighted by Crippen LogP contribution is 2.22. The molecule has 2 N–H and O–H groups in total. The van der Waals surface area contributed by atoms with E-state index in [1.807, 2.05) is 19.0 Å². The van der Waals surface area contributed by atoms with Gasteiger partial charge in [0.25, 0.3) is 5.69 Å². The van der Waals surface area contributed by atoms with E-state index in [1.54, 1.807) is 0 Å². The minimum absolute atomic E-state index is 0.0375. The molecule has 0 radical (unpaired) electrons. The molecule has 0 aromatic heterocycles. The van der Waals surface area contributed by atoms with Gasteiger partial charge in [-0.05, 0) is 33.1 Å². The molecule has 0 aliphatic carbocycles. The van der Waals surface area contributed by atoms with Crippen LogP contribution in [-0.4, -0.2) is 48.1 Å². The lowest BCUT2D eigenvalue weighted by atomic mass is 10.1. The molecule has 0 saturated heterocycles. The zero-order valence-corrected chi connectivity index (χ0v) is 10.9. The number of carboxylic acids is 1. The first-order valence-corrected chi connectivity index (χ1v) is 5.82. The number of rotatable bonds is 7. The normalized spacial score (nSPS) is 10.5. The Kier molecular flexibility index (Phi) is 5.25. The largest absolute Gasteiger partial charge is 0.478 e. The van der Waals surface area contributed by atoms with Crippen molar-refractivity contribution in [3.8, 4) is 0 Å². The molecular formula is C12H17N3O4. The van der Waals surface area contributed by atoms with Crippen molar-refractivity contribution in [2.24, 2.45) is 0 Å². The molecule has 0 fully saturated rings. The number of nitrogens with one attached hydrogen (secondary N) is 1. The Bertz CT molecular complexity index is 474. The summed E-state index contributed by atoms with van der Waals surface area (Å²) in [5.41, 5.74) is 0.191. The van der Waals surface area contributed by atoms with Gasteiger partial charge in [-0.3, -0.25) is 10.1 Å². The van der Waals surface area contributed by atoms with Crippen molar-refractivity contribution in [2.75, 3.05) is 32.5 Å². The summed E-state index contributed by atoms with van der Waals surface area (Å²) in [4.78, 5) is 23.2. The van der Waals surface area contributed by atoms with Crippen molar-refractivity contribution in [2.45, 2.75) is 6.42 Å². The lowest BCUT2D eigenvalue weighted by Gasteiger charge is -2.12. The lowest BCUT2D eigenvalue weighted by Crippen LogP contribution is -2.17. The van der Waals surface area contributed by atoms with Crippen molar-refractivity contribution in [3.63, 3.8) is 0 Å². The molecule has 1 aromatic carbocycles. The summed E-state index contributed by atoms with van der Waals surface area (Å²) in [5, 5.41) is 22.6. The number of nitro groups is 1. The molecule has 0 spiro atoms. The van der Waals surface area contributed by atoms with Crippen LogP contribution in [0.4, 0.5) is 11.4 Å². The van der Waals surface area contributed by atoms with Crippen LogP contribution in [0.2, 0.25) is 0 Å². The van der Waals surface area contributed by atoms with Crippen molar-refractivity contribution in [1.82, 2.24) is 4.90 Å². The lowest BCUT2D eigenvalue weighted by molar-refractivity contribution is -0.384. The second-order valence-corrected chi connectivity index (χ2v) is 4.38. The van der Waals surface area contributed by atoms with Crippen LogP contribution in [0, 0.1) is 10.1 Å². The molecule has 0 bridgehead atoms. The van der Waals surface area contributed by atoms with E-state index in [0.29, 0.717) is 6.54 Å². The first-order chi connectivity index (χ1) is 8.91. The van der Waals surface area contributed by atoms with Gasteiger partial charge in [0.2, 0.25) is 0 Å². The number of hydrogen-bond acceptors (Lipinski definition) is 5. The van der Waals surface area contributed by atoms with Crippen molar-refractivity contribution in [3.05, 3.63) is 33.9 Å². The van der Waals surface area contributed by atoms with Gasteiger partial charge < -0.3 is 15.3 Å². The molecule has 19 heavy (non-hydrogen) atoms. The highest BCUT2D eigenvalue weighted by molar-refractivity contribution is 5.94. The Labute approximate surface area is 111 Å². The molecule has 0 atom stereocenters. The first kappa shape index (κ1) is 14.9. The van der Waals surface area contributed by atoms with Crippen molar-refractivity contribution < 1.29 is 14.8 Å². The highest BCUT2D eigenvalue weighted by Gasteiger charge is 2.14. The van der Waals surface area contributed by atoms with Gasteiger partial charge in [0.15, 0.2) is 0 Å². The Morgan fingerprint density at radius 3 is 2.68 bits per heavy atom. The van der Waals surface area contributed by atoms with Gasteiger partial charge in [-0.1, -0.05) is 0 Å². The average molecular weight is 267 g/mol. The van der Waals surface area contributed by atoms with Crippen LogP contribution in [0.25, 0.3) is 0 Å². The van der Waals surface area contributed by atoms with E-state index in [1.165, 1.54) is 18.2 Å². The molecule has 0 heterocycles. The summed E-state index contributed by atoms with van der Waals surface area (Å²) in [7, 11) is 3.88. The fourth-order valence-corrected chi connectivity index (χ4v) is 1.60. The number of non-ortho nitro benzene ring substituents is 1. The topological polar surface area (TPSA) is 95.7 Å². The number of benzene rings is 1. The van der Waals surface area contributed by atoms with Crippen LogP contribution < -0.4 is 5.32 Å². The van der Waals surface area contributed by atoms with Gasteiger partial charge in [-0.15, -0.1) is 0 Å². The second-order valence-electron chi connectivity index (χ2n) is 4.38. The molecular weight excluding hydrogens is 250 g/mol. The van der Waals surface area contributed by atoms with Crippen molar-refractivity contribution in [1.29, 1.82) is 0 Å². The number of anilines is 1. The number of aromatic carboxylic acids is 1. The van der Waals surface area contributed by atoms with E-state index < -0.39 is 10.9 Å². The standard InChI is InChI=1S/C12H17N3O4/c1-14(2)7-3-6-13-11-8-9(15(18)19)4-5-10(11)12(16)17/h4-5,8,13H,3,6-7H2,1-2H3,(H,16,17). The van der Waals surface area contributed by atoms with Crippen LogP contribution >= 0.6 is 0 Å². The van der Waals surface area contributed by atoms with E-state index in [9.17, 15) is 14.9 Å². The smallest absolute Gasteiger partial charge is 0.337 e. The summed E-state index contributed by atoms with van der Waals surface area (Å²) >= 11 is 0. The molecule has 104 valence electrons. The van der Waals surface area contributed by atoms with Gasteiger partial charge in [-0.25, -0.2) is 4.79 Å². The third kappa shape index (κ3) is 4.55. The minimum atomic E-state index is -1.11. The predicted octanol–water partition coefficient (Wildman–Crippen LogP) is 1.66. The van der Waals surface area contributed by atoms with Crippen LogP contribution in [0.15, 0.2) is 18.2 Å². The molecule has 0 aliphatic rings. The van der Waals surface area contributed by atoms with Crippen molar-refractivity contribution >= 4 is 17.3 Å². The SMILES string of the molecule is CN(C)CCCNc1cc([N+](=O)[O-])ccc1C(=O)O. The Morgan fingerprint density at radius 1 is 1.47 bits per heavy atom. The highest BCUT2D eigenvalue weighted by atomic mass is 16.6. The van der Waals surface area contributed by atoms with Gasteiger partial charge in [-0.2, -0.15) is 0 Å². The maximum absolute atomic E-state index is 11.0. The van der Waals surface area contributed by atoms with Gasteiger partial charge in [0.1, 0.15) is 0 Å². The summed E-state index contributed by atoms with van der Waals surface area (Å²) in [6, 6.07) is 3.68. The molecule has 7 nitrogen and oxygen atoms in total. The predicted molar refractivity (Wildman–Crippen MR) is 71.7 cm³/mol. The number of hydrogen-bond donors (Lipinski definition) is 2. The molecule has 7 heteroatoms. The van der Waals surface area contributed by atoms with Crippen LogP contribution in [0.5, 0.6) is 0 Å². The van der Waals surface area contributed by atoms with Crippen LogP contribution in [0.1, 0.15) is 16.8 Å². The maximum Gasteiger partial charge on any atom is 0.337 e. The maximum atomic E-state index is 11.0. The molecule has 0 saturated carbocycles. The van der Waals surface area contributed by atoms with Crippen LogP contribution in [-0.2, 0) is 0 Å². The Morgan fingerprint density at radius 2 is 2.16 bits per heavy atom. The van der Waals surface area contributed by atoms with E-state index in [-0.39, 0.29) is 16.9 Å². The number of carboxylic acid groups (broad SMARTS) is 1.